The van der Waals surface area contributed by atoms with E-state index >= 15 is 0 Å². The fourth-order valence-electron chi connectivity index (χ4n) is 2.99. The van der Waals surface area contributed by atoms with Gasteiger partial charge in [-0.15, -0.1) is 0 Å². The SMILES string of the molecule is CC(C)=CC[C@@H]1C(=N)C(C(=O)C(C)C)=C(O)[C@]1(O)[C@@H](O)CC=C(C)C. The maximum Gasteiger partial charge on any atom is 0.170 e. The number of nitrogens with one attached hydrogen (secondary N) is 1. The largest absolute Gasteiger partial charge is 0.508 e. The number of Topliss-reactive ketones (excluding diaryl/α,β-unsaturated/α-hetero) is 1. The number of aliphatic hydroxyl groups is 3. The van der Waals surface area contributed by atoms with Gasteiger partial charge in [0, 0.05) is 11.8 Å². The van der Waals surface area contributed by atoms with Crippen LogP contribution in [-0.4, -0.2) is 38.5 Å². The van der Waals surface area contributed by atoms with Gasteiger partial charge in [-0.3, -0.25) is 4.79 Å². The topological polar surface area (TPSA) is 102 Å². The van der Waals surface area contributed by atoms with E-state index in [1.54, 1.807) is 19.9 Å². The number of hydrogen-bond donors (Lipinski definition) is 4. The first-order valence-corrected chi connectivity index (χ1v) is 8.68. The smallest absolute Gasteiger partial charge is 0.170 e. The molecule has 0 fully saturated rings. The Kier molecular flexibility index (Phi) is 6.91. The molecular weight excluding hydrogens is 318 g/mol. The van der Waals surface area contributed by atoms with Crippen LogP contribution in [0.5, 0.6) is 0 Å². The van der Waals surface area contributed by atoms with Crippen molar-refractivity contribution in [2.75, 3.05) is 0 Å². The minimum Gasteiger partial charge on any atom is -0.508 e. The second kappa shape index (κ2) is 8.11. The summed E-state index contributed by atoms with van der Waals surface area (Å²) in [4.78, 5) is 12.4. The van der Waals surface area contributed by atoms with Crippen molar-refractivity contribution in [2.24, 2.45) is 11.8 Å². The van der Waals surface area contributed by atoms with Crippen LogP contribution in [0, 0.1) is 17.2 Å². The van der Waals surface area contributed by atoms with E-state index in [1.807, 2.05) is 33.8 Å². The highest BCUT2D eigenvalue weighted by Crippen LogP contribution is 2.43. The zero-order chi connectivity index (χ0) is 19.5. The fourth-order valence-corrected chi connectivity index (χ4v) is 2.99. The van der Waals surface area contributed by atoms with E-state index in [9.17, 15) is 20.1 Å². The molecule has 5 heteroatoms. The minimum absolute atomic E-state index is 0.104. The lowest BCUT2D eigenvalue weighted by molar-refractivity contribution is -0.118. The summed E-state index contributed by atoms with van der Waals surface area (Å²) in [6.07, 6.45) is 2.69. The molecule has 0 unspecified atom stereocenters. The van der Waals surface area contributed by atoms with E-state index in [0.29, 0.717) is 0 Å². The Bertz CT molecular complexity index is 634. The van der Waals surface area contributed by atoms with Crippen LogP contribution in [0.3, 0.4) is 0 Å². The van der Waals surface area contributed by atoms with Gasteiger partial charge < -0.3 is 20.7 Å². The molecule has 25 heavy (non-hydrogen) atoms. The van der Waals surface area contributed by atoms with E-state index in [0.717, 1.165) is 11.1 Å². The third-order valence-corrected chi connectivity index (χ3v) is 4.56. The van der Waals surface area contributed by atoms with Gasteiger partial charge in [-0.2, -0.15) is 0 Å². The van der Waals surface area contributed by atoms with Crippen LogP contribution in [0.1, 0.15) is 54.4 Å². The van der Waals surface area contributed by atoms with Gasteiger partial charge in [-0.25, -0.2) is 0 Å². The quantitative estimate of drug-likeness (QED) is 0.529. The van der Waals surface area contributed by atoms with Crippen LogP contribution in [-0.2, 0) is 4.79 Å². The van der Waals surface area contributed by atoms with Crippen molar-refractivity contribution < 1.29 is 20.1 Å². The number of ketones is 1. The summed E-state index contributed by atoms with van der Waals surface area (Å²) in [6.45, 7) is 10.9. The van der Waals surface area contributed by atoms with Crippen molar-refractivity contribution in [1.29, 1.82) is 5.41 Å². The van der Waals surface area contributed by atoms with Crippen molar-refractivity contribution >= 4 is 11.5 Å². The second-order valence-electron chi connectivity index (χ2n) is 7.58. The summed E-state index contributed by atoms with van der Waals surface area (Å²) in [5.41, 5.74) is -0.321. The van der Waals surface area contributed by atoms with Crippen molar-refractivity contribution in [3.63, 3.8) is 0 Å². The summed E-state index contributed by atoms with van der Waals surface area (Å²) in [7, 11) is 0. The first kappa shape index (κ1) is 21.3. The van der Waals surface area contributed by atoms with Crippen molar-refractivity contribution in [1.82, 2.24) is 0 Å². The van der Waals surface area contributed by atoms with E-state index in [2.05, 4.69) is 0 Å². The lowest BCUT2D eigenvalue weighted by Crippen LogP contribution is -2.49. The van der Waals surface area contributed by atoms with Crippen LogP contribution >= 0.6 is 0 Å². The number of rotatable bonds is 7. The van der Waals surface area contributed by atoms with E-state index in [-0.39, 0.29) is 24.1 Å². The zero-order valence-corrected chi connectivity index (χ0v) is 16.1. The highest BCUT2D eigenvalue weighted by molar-refractivity contribution is 6.25. The molecule has 0 spiro atoms. The van der Waals surface area contributed by atoms with E-state index in [1.165, 1.54) is 0 Å². The van der Waals surface area contributed by atoms with Crippen molar-refractivity contribution in [3.05, 3.63) is 34.6 Å². The summed E-state index contributed by atoms with van der Waals surface area (Å²) >= 11 is 0. The van der Waals surface area contributed by atoms with Gasteiger partial charge in [-0.1, -0.05) is 37.1 Å². The molecule has 5 nitrogen and oxygen atoms in total. The Labute approximate surface area is 150 Å². The Morgan fingerprint density at radius 3 is 2.16 bits per heavy atom. The van der Waals surface area contributed by atoms with Gasteiger partial charge in [-0.05, 0) is 40.5 Å². The van der Waals surface area contributed by atoms with E-state index in [4.69, 9.17) is 5.41 Å². The van der Waals surface area contributed by atoms with Gasteiger partial charge >= 0.3 is 0 Å². The normalized spacial score (nSPS) is 24.5. The maximum atomic E-state index is 12.4. The van der Waals surface area contributed by atoms with Crippen LogP contribution in [0.2, 0.25) is 0 Å². The molecule has 0 heterocycles. The molecule has 1 aliphatic carbocycles. The van der Waals surface area contributed by atoms with Crippen LogP contribution in [0.25, 0.3) is 0 Å². The summed E-state index contributed by atoms with van der Waals surface area (Å²) in [5, 5.41) is 40.8. The molecule has 0 amide bonds. The molecule has 1 rings (SSSR count). The number of hydrogen-bond acceptors (Lipinski definition) is 5. The first-order chi connectivity index (χ1) is 11.4. The van der Waals surface area contributed by atoms with Crippen molar-refractivity contribution in [2.45, 2.75) is 66.1 Å². The van der Waals surface area contributed by atoms with Gasteiger partial charge in [0.15, 0.2) is 11.4 Å². The Hall–Kier alpha value is -1.72. The Morgan fingerprint density at radius 2 is 1.72 bits per heavy atom. The molecule has 0 aliphatic heterocycles. The highest BCUT2D eigenvalue weighted by atomic mass is 16.4. The van der Waals surface area contributed by atoms with Gasteiger partial charge in [0.2, 0.25) is 0 Å². The molecule has 0 radical (unpaired) electrons. The van der Waals surface area contributed by atoms with Crippen LogP contribution in [0.15, 0.2) is 34.6 Å². The molecule has 3 atom stereocenters. The number of allylic oxidation sites excluding steroid dienone is 4. The molecule has 0 aromatic heterocycles. The van der Waals surface area contributed by atoms with Gasteiger partial charge in [0.25, 0.3) is 0 Å². The highest BCUT2D eigenvalue weighted by Gasteiger charge is 2.56. The predicted molar refractivity (Wildman–Crippen MR) is 99.8 cm³/mol. The Balaban J connectivity index is 3.42. The molecule has 140 valence electrons. The molecule has 0 saturated carbocycles. The Morgan fingerprint density at radius 1 is 1.20 bits per heavy atom. The second-order valence-corrected chi connectivity index (χ2v) is 7.58. The van der Waals surface area contributed by atoms with Crippen molar-refractivity contribution in [3.8, 4) is 0 Å². The van der Waals surface area contributed by atoms with Gasteiger partial charge in [0.1, 0.15) is 5.76 Å². The predicted octanol–water partition coefficient (Wildman–Crippen LogP) is 3.48. The van der Waals surface area contributed by atoms with Gasteiger partial charge in [0.05, 0.1) is 17.4 Å². The van der Waals surface area contributed by atoms with Crippen LogP contribution in [0.4, 0.5) is 0 Å². The standard InChI is InChI=1S/C20H31NO4/c1-11(2)7-9-14-17(21)16(18(23)13(5)6)19(24)20(14,25)15(22)10-8-12(3)4/h7-8,13-15,21-22,24-25H,9-10H2,1-6H3/t14-,15+,20-/m1/s1. The molecule has 0 aromatic carbocycles. The molecule has 1 aliphatic rings. The monoisotopic (exact) mass is 349 g/mol. The van der Waals surface area contributed by atoms with Crippen LogP contribution < -0.4 is 0 Å². The average Bonchev–Trinajstić information content (AvgIpc) is 2.69. The summed E-state index contributed by atoms with van der Waals surface area (Å²) < 4.78 is 0. The average molecular weight is 349 g/mol. The zero-order valence-electron chi connectivity index (χ0n) is 16.1. The molecule has 0 aromatic rings. The molecule has 0 saturated heterocycles. The lowest BCUT2D eigenvalue weighted by atomic mass is 9.79. The number of aliphatic hydroxyl groups excluding tert-OH is 2. The third kappa shape index (κ3) is 4.28. The maximum absolute atomic E-state index is 12.4. The minimum atomic E-state index is -2.03. The molecule has 4 N–H and O–H groups in total. The lowest BCUT2D eigenvalue weighted by Gasteiger charge is -2.34. The first-order valence-electron chi connectivity index (χ1n) is 8.68. The third-order valence-electron chi connectivity index (χ3n) is 4.56. The number of carbonyl (C=O) groups excluding carboxylic acids is 1. The molecule has 0 bridgehead atoms. The number of carbonyl (C=O) groups is 1. The molecular formula is C20H31NO4. The van der Waals surface area contributed by atoms with E-state index < -0.39 is 35.1 Å². The summed E-state index contributed by atoms with van der Waals surface area (Å²) in [6, 6.07) is 0. The summed E-state index contributed by atoms with van der Waals surface area (Å²) in [5.74, 6) is -2.24. The fraction of sp³-hybridized carbons (Fsp3) is 0.600.